The molecule has 0 saturated carbocycles. The topological polar surface area (TPSA) is 110 Å². The molecule has 10 nitrogen and oxygen atoms in total. The van der Waals surface area contributed by atoms with E-state index in [2.05, 4.69) is 0 Å². The standard InChI is InChI=1S/C25H31NO9/c1-7-25(19-11-9-8-10-12-19,26(3)24(29)35-16-34-17(2)27)15-33-23(28)18-13-20(30-4)22(32-6)21(14-18)31-5/h8-14H,7,15-16H2,1-6H3. The Balaban J connectivity index is 2.35. The molecule has 0 aromatic heterocycles. The summed E-state index contributed by atoms with van der Waals surface area (Å²) in [5, 5.41) is 0. The fourth-order valence-electron chi connectivity index (χ4n) is 3.57. The average Bonchev–Trinajstić information content (AvgIpc) is 2.88. The van der Waals surface area contributed by atoms with E-state index in [0.29, 0.717) is 23.7 Å². The van der Waals surface area contributed by atoms with Crippen LogP contribution in [0.3, 0.4) is 0 Å². The molecular formula is C25H31NO9. The van der Waals surface area contributed by atoms with E-state index >= 15 is 0 Å². The highest BCUT2D eigenvalue weighted by molar-refractivity contribution is 5.91. The summed E-state index contributed by atoms with van der Waals surface area (Å²) in [6.45, 7) is 2.36. The van der Waals surface area contributed by atoms with Crippen LogP contribution >= 0.6 is 0 Å². The van der Waals surface area contributed by atoms with Crippen LogP contribution in [0.15, 0.2) is 42.5 Å². The first-order valence-electron chi connectivity index (χ1n) is 10.8. The molecule has 10 heteroatoms. The van der Waals surface area contributed by atoms with Crippen LogP contribution in [0.2, 0.25) is 0 Å². The van der Waals surface area contributed by atoms with E-state index in [1.165, 1.54) is 52.3 Å². The van der Waals surface area contributed by atoms with E-state index in [0.717, 1.165) is 5.56 Å². The third-order valence-corrected chi connectivity index (χ3v) is 5.60. The third-order valence-electron chi connectivity index (χ3n) is 5.60. The Kier molecular flexibility index (Phi) is 9.74. The summed E-state index contributed by atoms with van der Waals surface area (Å²) < 4.78 is 31.4. The van der Waals surface area contributed by atoms with E-state index in [1.54, 1.807) is 0 Å². The molecule has 0 spiro atoms. The van der Waals surface area contributed by atoms with Gasteiger partial charge in [0, 0.05) is 14.0 Å². The lowest BCUT2D eigenvalue weighted by atomic mass is 9.86. The van der Waals surface area contributed by atoms with Crippen molar-refractivity contribution in [3.05, 3.63) is 53.6 Å². The molecule has 190 valence electrons. The van der Waals surface area contributed by atoms with Crippen LogP contribution in [0.5, 0.6) is 17.2 Å². The largest absolute Gasteiger partial charge is 0.493 e. The average molecular weight is 490 g/mol. The summed E-state index contributed by atoms with van der Waals surface area (Å²) in [6.07, 6.45) is -0.362. The van der Waals surface area contributed by atoms with Gasteiger partial charge in [-0.25, -0.2) is 9.59 Å². The number of hydrogen-bond acceptors (Lipinski definition) is 9. The Morgan fingerprint density at radius 1 is 0.886 bits per heavy atom. The molecular weight excluding hydrogens is 458 g/mol. The van der Waals surface area contributed by atoms with Gasteiger partial charge in [-0.3, -0.25) is 9.69 Å². The number of methoxy groups -OCH3 is 3. The third kappa shape index (κ3) is 6.34. The number of benzene rings is 2. The van der Waals surface area contributed by atoms with Crippen LogP contribution in [-0.2, 0) is 24.5 Å². The normalized spacial score (nSPS) is 12.1. The van der Waals surface area contributed by atoms with Crippen LogP contribution in [0.25, 0.3) is 0 Å². The predicted molar refractivity (Wildman–Crippen MR) is 126 cm³/mol. The molecule has 2 aromatic carbocycles. The second-order valence-electron chi connectivity index (χ2n) is 7.46. The minimum Gasteiger partial charge on any atom is -0.493 e. The zero-order chi connectivity index (χ0) is 26.0. The van der Waals surface area contributed by atoms with E-state index in [4.69, 9.17) is 28.4 Å². The maximum Gasteiger partial charge on any atom is 0.413 e. The van der Waals surface area contributed by atoms with Crippen molar-refractivity contribution in [3.63, 3.8) is 0 Å². The number of carbonyl (C=O) groups is 3. The first-order chi connectivity index (χ1) is 16.7. The van der Waals surface area contributed by atoms with Crippen LogP contribution in [0.4, 0.5) is 4.79 Å². The van der Waals surface area contributed by atoms with Crippen molar-refractivity contribution in [1.82, 2.24) is 4.90 Å². The van der Waals surface area contributed by atoms with E-state index in [1.807, 2.05) is 37.3 Å². The van der Waals surface area contributed by atoms with Crippen LogP contribution in [0, 0.1) is 0 Å². The minimum atomic E-state index is -1.06. The highest BCUT2D eigenvalue weighted by Gasteiger charge is 2.40. The number of carbonyl (C=O) groups excluding carboxylic acids is 3. The second kappa shape index (κ2) is 12.5. The Hall–Kier alpha value is -3.95. The van der Waals surface area contributed by atoms with E-state index in [9.17, 15) is 14.4 Å². The fourth-order valence-corrected chi connectivity index (χ4v) is 3.57. The summed E-state index contributed by atoms with van der Waals surface area (Å²) in [4.78, 5) is 38.2. The van der Waals surface area contributed by atoms with Crippen molar-refractivity contribution in [3.8, 4) is 17.2 Å². The molecule has 0 saturated heterocycles. The SMILES string of the molecule is CCC(COC(=O)c1cc(OC)c(OC)c(OC)c1)(c1ccccc1)N(C)C(=O)OCOC(C)=O. The smallest absolute Gasteiger partial charge is 0.413 e. The maximum absolute atomic E-state index is 13.0. The number of ether oxygens (including phenoxy) is 6. The fraction of sp³-hybridized carbons (Fsp3) is 0.400. The molecule has 0 fully saturated rings. The summed E-state index contributed by atoms with van der Waals surface area (Å²) in [7, 11) is 5.88. The number of hydrogen-bond donors (Lipinski definition) is 0. The molecule has 0 radical (unpaired) electrons. The first kappa shape index (κ1) is 27.3. The Morgan fingerprint density at radius 3 is 1.97 bits per heavy atom. The molecule has 0 heterocycles. The number of likely N-dealkylation sites (N-methyl/N-ethyl adjacent to an activating group) is 1. The van der Waals surface area contributed by atoms with Gasteiger partial charge < -0.3 is 28.4 Å². The molecule has 35 heavy (non-hydrogen) atoms. The Labute approximate surface area is 204 Å². The van der Waals surface area contributed by atoms with E-state index in [-0.39, 0.29) is 12.2 Å². The highest BCUT2D eigenvalue weighted by Crippen LogP contribution is 2.39. The predicted octanol–water partition coefficient (Wildman–Crippen LogP) is 3.76. The van der Waals surface area contributed by atoms with Gasteiger partial charge in [0.1, 0.15) is 12.1 Å². The molecule has 0 bridgehead atoms. The van der Waals surface area contributed by atoms with Crippen LogP contribution in [-0.4, -0.2) is 64.7 Å². The van der Waals surface area contributed by atoms with Gasteiger partial charge in [0.25, 0.3) is 0 Å². The number of esters is 2. The molecule has 1 unspecified atom stereocenters. The van der Waals surface area contributed by atoms with Gasteiger partial charge in [-0.05, 0) is 24.1 Å². The van der Waals surface area contributed by atoms with Gasteiger partial charge in [-0.1, -0.05) is 37.3 Å². The van der Waals surface area contributed by atoms with Crippen molar-refractivity contribution < 1.29 is 42.8 Å². The van der Waals surface area contributed by atoms with Gasteiger partial charge in [0.05, 0.1) is 26.9 Å². The lowest BCUT2D eigenvalue weighted by molar-refractivity contribution is -0.150. The van der Waals surface area contributed by atoms with Crippen molar-refractivity contribution in [2.24, 2.45) is 0 Å². The first-order valence-corrected chi connectivity index (χ1v) is 10.8. The quantitative estimate of drug-likeness (QED) is 0.344. The zero-order valence-electron chi connectivity index (χ0n) is 20.8. The van der Waals surface area contributed by atoms with Crippen molar-refractivity contribution in [1.29, 1.82) is 0 Å². The van der Waals surface area contributed by atoms with Gasteiger partial charge in [0.2, 0.25) is 12.5 Å². The summed E-state index contributed by atoms with van der Waals surface area (Å²) in [5.74, 6) is -0.289. The molecule has 0 aliphatic carbocycles. The highest BCUT2D eigenvalue weighted by atomic mass is 16.7. The summed E-state index contributed by atoms with van der Waals surface area (Å²) in [5.41, 5.74) is -0.157. The maximum atomic E-state index is 13.0. The van der Waals surface area contributed by atoms with Crippen LogP contribution in [0.1, 0.15) is 36.2 Å². The van der Waals surface area contributed by atoms with Crippen LogP contribution < -0.4 is 14.2 Å². The summed E-state index contributed by atoms with van der Waals surface area (Å²) in [6, 6.07) is 12.1. The number of nitrogens with zero attached hydrogens (tertiary/aromatic N) is 1. The molecule has 1 amide bonds. The lowest BCUT2D eigenvalue weighted by Gasteiger charge is -2.40. The Bertz CT molecular complexity index is 1000. The summed E-state index contributed by atoms with van der Waals surface area (Å²) >= 11 is 0. The molecule has 0 N–H and O–H groups in total. The van der Waals surface area contributed by atoms with Gasteiger partial charge in [0.15, 0.2) is 11.5 Å². The van der Waals surface area contributed by atoms with Gasteiger partial charge >= 0.3 is 18.0 Å². The monoisotopic (exact) mass is 489 g/mol. The van der Waals surface area contributed by atoms with Crippen molar-refractivity contribution in [2.45, 2.75) is 25.8 Å². The minimum absolute atomic E-state index is 0.178. The number of rotatable bonds is 11. The second-order valence-corrected chi connectivity index (χ2v) is 7.46. The van der Waals surface area contributed by atoms with Crippen molar-refractivity contribution in [2.75, 3.05) is 41.8 Å². The molecule has 2 rings (SSSR count). The molecule has 1 atom stereocenters. The molecule has 2 aromatic rings. The number of amides is 1. The lowest BCUT2D eigenvalue weighted by Crippen LogP contribution is -2.50. The van der Waals surface area contributed by atoms with Crippen molar-refractivity contribution >= 4 is 18.0 Å². The Morgan fingerprint density at radius 2 is 1.49 bits per heavy atom. The van der Waals surface area contributed by atoms with Gasteiger partial charge in [-0.2, -0.15) is 0 Å². The zero-order valence-corrected chi connectivity index (χ0v) is 20.8. The molecule has 0 aliphatic heterocycles. The molecule has 0 aliphatic rings. The van der Waals surface area contributed by atoms with E-state index < -0.39 is 30.4 Å². The van der Waals surface area contributed by atoms with Gasteiger partial charge in [-0.15, -0.1) is 0 Å².